The molecule has 3 N–H and O–H groups in total. The first kappa shape index (κ1) is 19.4. The maximum atomic E-state index is 11.0. The van der Waals surface area contributed by atoms with Crippen LogP contribution in [-0.2, 0) is 14.4 Å². The number of hydrogen-bond donors (Lipinski definition) is 3. The van der Waals surface area contributed by atoms with Gasteiger partial charge in [0.15, 0.2) is 19.6 Å². The summed E-state index contributed by atoms with van der Waals surface area (Å²) < 4.78 is -0.437. The number of nitrogens with zero attached hydrogens (tertiary/aromatic N) is 1. The maximum Gasteiger partial charge on any atom is 0.359 e. The van der Waals surface area contributed by atoms with Crippen molar-refractivity contribution in [3.8, 4) is 0 Å². The molecular formula is C14H26NO6+. The van der Waals surface area contributed by atoms with Crippen LogP contribution in [0.25, 0.3) is 0 Å². The summed E-state index contributed by atoms with van der Waals surface area (Å²) in [4.78, 5) is 32.9. The Morgan fingerprint density at radius 2 is 1.10 bits per heavy atom. The molecule has 0 aliphatic heterocycles. The zero-order chi connectivity index (χ0) is 16.3. The number of unbranched alkanes of at least 4 members (excludes halogenated alkanes) is 5. The maximum absolute atomic E-state index is 11.0. The van der Waals surface area contributed by atoms with Crippen molar-refractivity contribution in [2.24, 2.45) is 0 Å². The van der Waals surface area contributed by atoms with Crippen LogP contribution >= 0.6 is 0 Å². The van der Waals surface area contributed by atoms with Crippen LogP contribution in [0, 0.1) is 0 Å². The Kier molecular flexibility index (Phi) is 9.36. The molecule has 0 aliphatic carbocycles. The average Bonchev–Trinajstić information content (AvgIpc) is 2.30. The van der Waals surface area contributed by atoms with E-state index in [2.05, 4.69) is 6.92 Å². The number of rotatable bonds is 13. The summed E-state index contributed by atoms with van der Waals surface area (Å²) in [5, 5.41) is 26.8. The van der Waals surface area contributed by atoms with Crippen molar-refractivity contribution in [1.82, 2.24) is 0 Å². The van der Waals surface area contributed by atoms with E-state index in [0.29, 0.717) is 6.42 Å². The Morgan fingerprint density at radius 3 is 1.48 bits per heavy atom. The van der Waals surface area contributed by atoms with E-state index < -0.39 is 42.0 Å². The largest absolute Gasteiger partial charge is 0.477 e. The van der Waals surface area contributed by atoms with Gasteiger partial charge in [-0.3, -0.25) is 4.48 Å². The third-order valence-electron chi connectivity index (χ3n) is 3.40. The Bertz CT molecular complexity index is 315. The molecule has 21 heavy (non-hydrogen) atoms. The van der Waals surface area contributed by atoms with Gasteiger partial charge < -0.3 is 15.3 Å². The van der Waals surface area contributed by atoms with Crippen molar-refractivity contribution in [3.05, 3.63) is 0 Å². The van der Waals surface area contributed by atoms with Gasteiger partial charge in [0.2, 0.25) is 0 Å². The lowest BCUT2D eigenvalue weighted by Crippen LogP contribution is -2.57. The predicted octanol–water partition coefficient (Wildman–Crippen LogP) is 1.42. The molecule has 0 spiro atoms. The van der Waals surface area contributed by atoms with Gasteiger partial charge in [0.1, 0.15) is 0 Å². The van der Waals surface area contributed by atoms with Crippen molar-refractivity contribution < 1.29 is 34.2 Å². The lowest BCUT2D eigenvalue weighted by molar-refractivity contribution is -0.907. The van der Waals surface area contributed by atoms with Gasteiger partial charge >= 0.3 is 17.9 Å². The molecule has 0 rings (SSSR count). The van der Waals surface area contributed by atoms with E-state index in [1.165, 1.54) is 0 Å². The molecule has 7 nitrogen and oxygen atoms in total. The summed E-state index contributed by atoms with van der Waals surface area (Å²) >= 11 is 0. The highest BCUT2D eigenvalue weighted by Gasteiger charge is 2.35. The SMILES string of the molecule is CCCCCCCC[N+](CC(=O)O)(CC(=O)O)CC(=O)O. The van der Waals surface area contributed by atoms with Gasteiger partial charge in [0.25, 0.3) is 0 Å². The van der Waals surface area contributed by atoms with E-state index in [-0.39, 0.29) is 6.54 Å². The quantitative estimate of drug-likeness (QED) is 0.350. The minimum atomic E-state index is -1.18. The average molecular weight is 304 g/mol. The summed E-state index contributed by atoms with van der Waals surface area (Å²) in [6, 6.07) is 0. The number of quaternary nitrogens is 1. The van der Waals surface area contributed by atoms with Gasteiger partial charge in [-0.15, -0.1) is 0 Å². The van der Waals surface area contributed by atoms with Gasteiger partial charge in [-0.25, -0.2) is 14.4 Å². The fourth-order valence-electron chi connectivity index (χ4n) is 2.49. The minimum Gasteiger partial charge on any atom is -0.477 e. The Balaban J connectivity index is 4.62. The second-order valence-corrected chi connectivity index (χ2v) is 5.49. The van der Waals surface area contributed by atoms with Crippen LogP contribution in [0.5, 0.6) is 0 Å². The van der Waals surface area contributed by atoms with Crippen LogP contribution in [-0.4, -0.2) is 63.9 Å². The first-order valence-electron chi connectivity index (χ1n) is 7.32. The first-order valence-corrected chi connectivity index (χ1v) is 7.32. The monoisotopic (exact) mass is 304 g/mol. The van der Waals surface area contributed by atoms with Crippen molar-refractivity contribution in [2.75, 3.05) is 26.2 Å². The summed E-state index contributed by atoms with van der Waals surface area (Å²) in [7, 11) is 0. The van der Waals surface area contributed by atoms with E-state index in [0.717, 1.165) is 32.1 Å². The van der Waals surface area contributed by atoms with Gasteiger partial charge in [-0.2, -0.15) is 0 Å². The van der Waals surface area contributed by atoms with Crippen LogP contribution in [0.4, 0.5) is 0 Å². The smallest absolute Gasteiger partial charge is 0.359 e. The lowest BCUT2D eigenvalue weighted by atomic mass is 10.1. The first-order chi connectivity index (χ1) is 9.81. The highest BCUT2D eigenvalue weighted by molar-refractivity contribution is 5.73. The number of carboxylic acids is 3. The second kappa shape index (κ2) is 10.1. The number of carbonyl (C=O) groups is 3. The summed E-state index contributed by atoms with van der Waals surface area (Å²) in [5.41, 5.74) is 0. The fourth-order valence-corrected chi connectivity index (χ4v) is 2.49. The van der Waals surface area contributed by atoms with Crippen LogP contribution in [0.1, 0.15) is 45.4 Å². The van der Waals surface area contributed by atoms with E-state index in [1.807, 2.05) is 0 Å². The molecule has 0 bridgehead atoms. The van der Waals surface area contributed by atoms with Gasteiger partial charge in [0.05, 0.1) is 6.54 Å². The molecule has 0 aromatic rings. The molecule has 0 saturated heterocycles. The second-order valence-electron chi connectivity index (χ2n) is 5.49. The standard InChI is InChI=1S/C14H25NO6/c1-2-3-4-5-6-7-8-15(9-12(16)17,10-13(18)19)11-14(20)21/h2-11H2,1H3,(H2-,16,17,18,19,20,21)/p+1. The third-order valence-corrected chi connectivity index (χ3v) is 3.40. The third kappa shape index (κ3) is 9.84. The van der Waals surface area contributed by atoms with E-state index in [9.17, 15) is 14.4 Å². The van der Waals surface area contributed by atoms with Crippen molar-refractivity contribution in [1.29, 1.82) is 0 Å². The molecule has 7 heteroatoms. The highest BCUT2D eigenvalue weighted by atomic mass is 16.4. The van der Waals surface area contributed by atoms with E-state index >= 15 is 0 Å². The zero-order valence-corrected chi connectivity index (χ0v) is 12.6. The molecule has 0 radical (unpaired) electrons. The molecule has 0 aliphatic rings. The topological polar surface area (TPSA) is 112 Å². The number of hydrogen-bond acceptors (Lipinski definition) is 3. The predicted molar refractivity (Wildman–Crippen MR) is 76.0 cm³/mol. The Morgan fingerprint density at radius 1 is 0.714 bits per heavy atom. The molecule has 0 saturated carbocycles. The van der Waals surface area contributed by atoms with Crippen molar-refractivity contribution in [3.63, 3.8) is 0 Å². The lowest BCUT2D eigenvalue weighted by Gasteiger charge is -2.34. The number of carboxylic acid groups (broad SMARTS) is 3. The van der Waals surface area contributed by atoms with Crippen LogP contribution in [0.3, 0.4) is 0 Å². The molecule has 0 aromatic carbocycles. The molecule has 0 fully saturated rings. The van der Waals surface area contributed by atoms with Crippen LogP contribution in [0.15, 0.2) is 0 Å². The summed E-state index contributed by atoms with van der Waals surface area (Å²) in [5.74, 6) is -3.53. The fraction of sp³-hybridized carbons (Fsp3) is 0.786. The van der Waals surface area contributed by atoms with Crippen molar-refractivity contribution in [2.45, 2.75) is 45.4 Å². The normalized spacial score (nSPS) is 11.3. The molecule has 122 valence electrons. The molecule has 0 aromatic heterocycles. The summed E-state index contributed by atoms with van der Waals surface area (Å²) in [6.07, 6.45) is 5.85. The number of aliphatic carboxylic acids is 3. The Labute approximate surface area is 124 Å². The van der Waals surface area contributed by atoms with Gasteiger partial charge in [-0.1, -0.05) is 32.6 Å². The van der Waals surface area contributed by atoms with E-state index in [1.54, 1.807) is 0 Å². The molecule has 0 heterocycles. The van der Waals surface area contributed by atoms with Crippen LogP contribution in [0.2, 0.25) is 0 Å². The van der Waals surface area contributed by atoms with Crippen LogP contribution < -0.4 is 0 Å². The van der Waals surface area contributed by atoms with Gasteiger partial charge in [0, 0.05) is 0 Å². The molecule has 0 amide bonds. The molecule has 0 atom stereocenters. The summed E-state index contributed by atoms with van der Waals surface area (Å²) in [6.45, 7) is 0.931. The Hall–Kier alpha value is -1.63. The minimum absolute atomic E-state index is 0.261. The molecule has 0 unspecified atom stereocenters. The highest BCUT2D eigenvalue weighted by Crippen LogP contribution is 2.12. The van der Waals surface area contributed by atoms with Crippen molar-refractivity contribution >= 4 is 17.9 Å². The zero-order valence-electron chi connectivity index (χ0n) is 12.6. The van der Waals surface area contributed by atoms with Gasteiger partial charge in [-0.05, 0) is 12.8 Å². The molecular weight excluding hydrogens is 278 g/mol. The van der Waals surface area contributed by atoms with E-state index in [4.69, 9.17) is 15.3 Å².